The molecule has 22 heavy (non-hydrogen) atoms. The van der Waals surface area contributed by atoms with E-state index >= 15 is 0 Å². The maximum Gasteiger partial charge on any atom is 0.308 e. The Morgan fingerprint density at radius 2 is 2.09 bits per heavy atom. The molecule has 0 saturated heterocycles. The van der Waals surface area contributed by atoms with Gasteiger partial charge in [-0.2, -0.15) is 0 Å². The highest BCUT2D eigenvalue weighted by Crippen LogP contribution is 2.38. The quantitative estimate of drug-likeness (QED) is 0.417. The van der Waals surface area contributed by atoms with E-state index in [2.05, 4.69) is 6.58 Å². The predicted molar refractivity (Wildman–Crippen MR) is 84.6 cm³/mol. The van der Waals surface area contributed by atoms with E-state index in [4.69, 9.17) is 18.9 Å². The minimum atomic E-state index is -0.285. The van der Waals surface area contributed by atoms with E-state index in [9.17, 15) is 4.79 Å². The molecule has 0 aliphatic carbocycles. The fourth-order valence-electron chi connectivity index (χ4n) is 2.23. The molecule has 0 amide bonds. The van der Waals surface area contributed by atoms with Crippen LogP contribution >= 0.6 is 11.3 Å². The molecule has 1 aliphatic rings. The van der Waals surface area contributed by atoms with Crippen molar-refractivity contribution in [1.82, 2.24) is 0 Å². The first-order valence-electron chi connectivity index (χ1n) is 7.35. The van der Waals surface area contributed by atoms with Crippen LogP contribution in [0.3, 0.4) is 0 Å². The Kier molecular flexibility index (Phi) is 6.27. The monoisotopic (exact) mass is 326 g/mol. The zero-order valence-corrected chi connectivity index (χ0v) is 13.7. The molecule has 122 valence electrons. The number of esters is 1. The van der Waals surface area contributed by atoms with Crippen molar-refractivity contribution in [3.8, 4) is 11.5 Å². The number of ether oxygens (including phenoxy) is 4. The Morgan fingerprint density at radius 1 is 1.41 bits per heavy atom. The molecule has 0 fully saturated rings. The maximum absolute atomic E-state index is 11.3. The summed E-state index contributed by atoms with van der Waals surface area (Å²) in [4.78, 5) is 11.3. The fraction of sp³-hybridized carbons (Fsp3) is 0.562. The van der Waals surface area contributed by atoms with Gasteiger partial charge in [0.05, 0.1) is 44.9 Å². The molecule has 2 rings (SSSR count). The molecule has 1 aliphatic heterocycles. The van der Waals surface area contributed by atoms with Crippen LogP contribution in [-0.4, -0.2) is 39.0 Å². The number of hydrogen-bond donors (Lipinski definition) is 0. The van der Waals surface area contributed by atoms with Gasteiger partial charge in [0, 0.05) is 10.8 Å². The third kappa shape index (κ3) is 4.48. The standard InChI is InChI=1S/C16H22O5S/c1-3-6-16(10-18-7-5-15(17)19-4-2)11-20-13-8-22-9-14(13)21-12-16/h3,8-9H,1,4-7,10-12H2,2H3. The SMILES string of the molecule is C=CCC1(COCCC(=O)OCC)COc2cscc2OC1. The number of rotatable bonds is 8. The van der Waals surface area contributed by atoms with Gasteiger partial charge in [-0.25, -0.2) is 0 Å². The van der Waals surface area contributed by atoms with Crippen molar-refractivity contribution >= 4 is 17.3 Å². The molecule has 1 aromatic rings. The molecule has 0 bridgehead atoms. The van der Waals surface area contributed by atoms with Crippen LogP contribution in [0.2, 0.25) is 0 Å². The van der Waals surface area contributed by atoms with Gasteiger partial charge in [0.25, 0.3) is 0 Å². The molecule has 0 saturated carbocycles. The van der Waals surface area contributed by atoms with E-state index in [0.29, 0.717) is 33.0 Å². The minimum Gasteiger partial charge on any atom is -0.488 e. The summed E-state index contributed by atoms with van der Waals surface area (Å²) >= 11 is 1.55. The summed E-state index contributed by atoms with van der Waals surface area (Å²) in [5.74, 6) is 1.32. The van der Waals surface area contributed by atoms with Crippen molar-refractivity contribution in [3.05, 3.63) is 23.4 Å². The van der Waals surface area contributed by atoms with E-state index < -0.39 is 0 Å². The van der Waals surface area contributed by atoms with Crippen LogP contribution in [0.5, 0.6) is 11.5 Å². The number of thiophene rings is 1. The Balaban J connectivity index is 1.85. The topological polar surface area (TPSA) is 54.0 Å². The normalized spacial score (nSPS) is 15.9. The molecular formula is C16H22O5S. The molecule has 0 N–H and O–H groups in total. The summed E-state index contributed by atoms with van der Waals surface area (Å²) in [6.45, 7) is 7.78. The lowest BCUT2D eigenvalue weighted by Gasteiger charge is -2.29. The number of carbonyl (C=O) groups is 1. The summed E-state index contributed by atoms with van der Waals surface area (Å²) in [6, 6.07) is 0. The molecular weight excluding hydrogens is 304 g/mol. The molecule has 0 radical (unpaired) electrons. The van der Waals surface area contributed by atoms with E-state index in [1.807, 2.05) is 16.8 Å². The van der Waals surface area contributed by atoms with Gasteiger partial charge in [0.15, 0.2) is 11.5 Å². The highest BCUT2D eigenvalue weighted by atomic mass is 32.1. The zero-order valence-electron chi connectivity index (χ0n) is 12.8. The predicted octanol–water partition coefficient (Wildman–Crippen LogP) is 3.05. The third-order valence-corrected chi connectivity index (χ3v) is 4.10. The van der Waals surface area contributed by atoms with Gasteiger partial charge in [0.2, 0.25) is 0 Å². The van der Waals surface area contributed by atoms with E-state index in [0.717, 1.165) is 17.9 Å². The summed E-state index contributed by atoms with van der Waals surface area (Å²) in [7, 11) is 0. The second-order valence-corrected chi connectivity index (χ2v) is 6.02. The van der Waals surface area contributed by atoms with Crippen LogP contribution < -0.4 is 9.47 Å². The van der Waals surface area contributed by atoms with Crippen LogP contribution in [0.25, 0.3) is 0 Å². The van der Waals surface area contributed by atoms with Gasteiger partial charge < -0.3 is 18.9 Å². The van der Waals surface area contributed by atoms with Gasteiger partial charge in [0.1, 0.15) is 0 Å². The summed E-state index contributed by atoms with van der Waals surface area (Å²) < 4.78 is 22.2. The lowest BCUT2D eigenvalue weighted by molar-refractivity contribution is -0.144. The summed E-state index contributed by atoms with van der Waals surface area (Å²) in [5, 5.41) is 3.86. The van der Waals surface area contributed by atoms with Crippen LogP contribution in [0.15, 0.2) is 23.4 Å². The maximum atomic E-state index is 11.3. The van der Waals surface area contributed by atoms with Gasteiger partial charge >= 0.3 is 5.97 Å². The molecule has 0 unspecified atom stereocenters. The molecule has 2 heterocycles. The summed E-state index contributed by atoms with van der Waals surface area (Å²) in [5.41, 5.74) is -0.285. The van der Waals surface area contributed by atoms with Crippen molar-refractivity contribution in [2.24, 2.45) is 5.41 Å². The lowest BCUT2D eigenvalue weighted by Crippen LogP contribution is -2.38. The Hall–Kier alpha value is -1.53. The smallest absolute Gasteiger partial charge is 0.308 e. The summed E-state index contributed by atoms with van der Waals surface area (Å²) in [6.07, 6.45) is 2.83. The van der Waals surface area contributed by atoms with Crippen molar-refractivity contribution in [3.63, 3.8) is 0 Å². The van der Waals surface area contributed by atoms with Gasteiger partial charge in [-0.1, -0.05) is 6.08 Å². The molecule has 5 nitrogen and oxygen atoms in total. The first-order chi connectivity index (χ1) is 10.7. The molecule has 0 aromatic carbocycles. The Morgan fingerprint density at radius 3 is 2.68 bits per heavy atom. The first-order valence-corrected chi connectivity index (χ1v) is 8.29. The number of carbonyl (C=O) groups excluding carboxylic acids is 1. The molecule has 6 heteroatoms. The van der Waals surface area contributed by atoms with Crippen LogP contribution in [-0.2, 0) is 14.3 Å². The van der Waals surface area contributed by atoms with Crippen molar-refractivity contribution < 1.29 is 23.7 Å². The Bertz CT molecular complexity index is 474. The van der Waals surface area contributed by atoms with Crippen LogP contribution in [0, 0.1) is 5.41 Å². The minimum absolute atomic E-state index is 0.240. The lowest BCUT2D eigenvalue weighted by atomic mass is 9.87. The van der Waals surface area contributed by atoms with Gasteiger partial charge in [-0.05, 0) is 13.3 Å². The zero-order chi connectivity index (χ0) is 15.8. The van der Waals surface area contributed by atoms with E-state index in [1.54, 1.807) is 18.3 Å². The number of fused-ring (bicyclic) bond motifs is 1. The van der Waals surface area contributed by atoms with E-state index in [1.165, 1.54) is 0 Å². The average Bonchev–Trinajstić information content (AvgIpc) is 2.89. The van der Waals surface area contributed by atoms with Gasteiger partial charge in [-0.15, -0.1) is 17.9 Å². The number of hydrogen-bond acceptors (Lipinski definition) is 6. The van der Waals surface area contributed by atoms with Gasteiger partial charge in [-0.3, -0.25) is 4.79 Å². The molecule has 0 atom stereocenters. The second-order valence-electron chi connectivity index (χ2n) is 5.28. The second kappa shape index (κ2) is 8.19. The highest BCUT2D eigenvalue weighted by molar-refractivity contribution is 7.08. The average molecular weight is 326 g/mol. The fourth-order valence-corrected chi connectivity index (χ4v) is 2.91. The first kappa shape index (κ1) is 16.8. The van der Waals surface area contributed by atoms with Crippen molar-refractivity contribution in [2.75, 3.05) is 33.0 Å². The third-order valence-electron chi connectivity index (χ3n) is 3.40. The van der Waals surface area contributed by atoms with Crippen LogP contribution in [0.4, 0.5) is 0 Å². The van der Waals surface area contributed by atoms with Crippen molar-refractivity contribution in [2.45, 2.75) is 19.8 Å². The largest absolute Gasteiger partial charge is 0.488 e. The van der Waals surface area contributed by atoms with Crippen LogP contribution in [0.1, 0.15) is 19.8 Å². The van der Waals surface area contributed by atoms with Crippen molar-refractivity contribution in [1.29, 1.82) is 0 Å². The Labute approximate surface area is 134 Å². The molecule has 1 aromatic heterocycles. The highest BCUT2D eigenvalue weighted by Gasteiger charge is 2.35. The number of allylic oxidation sites excluding steroid dienone is 1. The van der Waals surface area contributed by atoms with E-state index in [-0.39, 0.29) is 17.8 Å². The molecule has 0 spiro atoms.